The molecule has 0 aliphatic carbocycles. The Kier molecular flexibility index (Phi) is 4.12. The lowest BCUT2D eigenvalue weighted by Crippen LogP contribution is -2.31. The molecular weight excluding hydrogens is 244 g/mol. The standard InChI is InChI=1S/C13H16N4O2/c1-9-4-3-5-11(6-9)19-7-12(18)16-10(2)13-14-8-15-17-13/h3-6,8,10H,7H2,1-2H3,(H,16,18)(H,14,15,17). The molecule has 6 heteroatoms. The number of hydrogen-bond acceptors (Lipinski definition) is 4. The van der Waals surface area contributed by atoms with Crippen molar-refractivity contribution in [2.24, 2.45) is 0 Å². The lowest BCUT2D eigenvalue weighted by molar-refractivity contribution is -0.123. The zero-order valence-electron chi connectivity index (χ0n) is 10.9. The predicted octanol–water partition coefficient (Wildman–Crippen LogP) is 1.37. The number of nitrogens with zero attached hydrogens (tertiary/aromatic N) is 2. The van der Waals surface area contributed by atoms with Crippen LogP contribution >= 0.6 is 0 Å². The van der Waals surface area contributed by atoms with Crippen LogP contribution in [0.4, 0.5) is 0 Å². The van der Waals surface area contributed by atoms with Crippen molar-refractivity contribution in [2.45, 2.75) is 19.9 Å². The van der Waals surface area contributed by atoms with Crippen molar-refractivity contribution in [1.29, 1.82) is 0 Å². The van der Waals surface area contributed by atoms with Gasteiger partial charge in [-0.3, -0.25) is 9.89 Å². The first-order valence-electron chi connectivity index (χ1n) is 5.99. The van der Waals surface area contributed by atoms with Crippen molar-refractivity contribution < 1.29 is 9.53 Å². The van der Waals surface area contributed by atoms with Crippen molar-refractivity contribution in [3.8, 4) is 5.75 Å². The second kappa shape index (κ2) is 5.99. The molecule has 2 aromatic rings. The van der Waals surface area contributed by atoms with Crippen LogP contribution in [0.3, 0.4) is 0 Å². The smallest absolute Gasteiger partial charge is 0.258 e. The molecule has 1 amide bonds. The number of aryl methyl sites for hydroxylation is 1. The highest BCUT2D eigenvalue weighted by Gasteiger charge is 2.12. The normalized spacial score (nSPS) is 11.9. The largest absolute Gasteiger partial charge is 0.484 e. The van der Waals surface area contributed by atoms with Crippen molar-refractivity contribution in [2.75, 3.05) is 6.61 Å². The number of carbonyl (C=O) groups excluding carboxylic acids is 1. The maximum absolute atomic E-state index is 11.7. The zero-order chi connectivity index (χ0) is 13.7. The summed E-state index contributed by atoms with van der Waals surface area (Å²) in [5, 5.41) is 9.21. The summed E-state index contributed by atoms with van der Waals surface area (Å²) in [4.78, 5) is 15.7. The minimum Gasteiger partial charge on any atom is -0.484 e. The summed E-state index contributed by atoms with van der Waals surface area (Å²) in [6, 6.07) is 7.34. The van der Waals surface area contributed by atoms with E-state index in [0.717, 1.165) is 5.56 Å². The van der Waals surface area contributed by atoms with Crippen molar-refractivity contribution in [3.05, 3.63) is 42.0 Å². The zero-order valence-corrected chi connectivity index (χ0v) is 10.9. The number of carbonyl (C=O) groups is 1. The Hall–Kier alpha value is -2.37. The van der Waals surface area contributed by atoms with Crippen LogP contribution in [-0.2, 0) is 4.79 Å². The molecule has 2 N–H and O–H groups in total. The maximum Gasteiger partial charge on any atom is 0.258 e. The fourth-order valence-corrected chi connectivity index (χ4v) is 1.63. The van der Waals surface area contributed by atoms with E-state index in [2.05, 4.69) is 20.5 Å². The number of hydrogen-bond donors (Lipinski definition) is 2. The minimum atomic E-state index is -0.226. The SMILES string of the molecule is Cc1cccc(OCC(=O)NC(C)c2ncn[nH]2)c1. The van der Waals surface area contributed by atoms with Gasteiger partial charge in [0.2, 0.25) is 0 Å². The third-order valence-corrected chi connectivity index (χ3v) is 2.58. The lowest BCUT2D eigenvalue weighted by Gasteiger charge is -2.12. The summed E-state index contributed by atoms with van der Waals surface area (Å²) in [7, 11) is 0. The number of H-pyrrole nitrogens is 1. The Morgan fingerprint density at radius 1 is 1.53 bits per heavy atom. The summed E-state index contributed by atoms with van der Waals surface area (Å²) in [6.07, 6.45) is 1.40. The fourth-order valence-electron chi connectivity index (χ4n) is 1.63. The molecule has 0 aliphatic rings. The molecule has 0 bridgehead atoms. The molecule has 0 radical (unpaired) electrons. The van der Waals surface area contributed by atoms with Gasteiger partial charge in [-0.2, -0.15) is 5.10 Å². The van der Waals surface area contributed by atoms with Crippen LogP contribution in [0.5, 0.6) is 5.75 Å². The van der Waals surface area contributed by atoms with Gasteiger partial charge in [0.15, 0.2) is 6.61 Å². The van der Waals surface area contributed by atoms with Crippen molar-refractivity contribution in [3.63, 3.8) is 0 Å². The highest BCUT2D eigenvalue weighted by atomic mass is 16.5. The molecular formula is C13H16N4O2. The van der Waals surface area contributed by atoms with Crippen LogP contribution < -0.4 is 10.1 Å². The number of rotatable bonds is 5. The first-order chi connectivity index (χ1) is 9.15. The molecule has 1 heterocycles. The van der Waals surface area contributed by atoms with Gasteiger partial charge in [-0.1, -0.05) is 12.1 Å². The van der Waals surface area contributed by atoms with Crippen molar-refractivity contribution >= 4 is 5.91 Å². The Morgan fingerprint density at radius 3 is 3.05 bits per heavy atom. The number of aromatic amines is 1. The Bertz CT molecular complexity index is 539. The summed E-state index contributed by atoms with van der Waals surface area (Å²) < 4.78 is 5.41. The van der Waals surface area contributed by atoms with E-state index in [1.165, 1.54) is 6.33 Å². The van der Waals surface area contributed by atoms with E-state index < -0.39 is 0 Å². The average Bonchev–Trinajstić information content (AvgIpc) is 2.90. The minimum absolute atomic E-state index is 0.0259. The molecule has 0 aliphatic heterocycles. The Balaban J connectivity index is 1.82. The molecule has 1 unspecified atom stereocenters. The summed E-state index contributed by atoms with van der Waals surface area (Å²) in [5.74, 6) is 1.09. The highest BCUT2D eigenvalue weighted by Crippen LogP contribution is 2.12. The molecule has 0 saturated carbocycles. The number of amides is 1. The molecule has 1 aromatic heterocycles. The molecule has 0 spiro atoms. The van der Waals surface area contributed by atoms with E-state index in [9.17, 15) is 4.79 Å². The lowest BCUT2D eigenvalue weighted by atomic mass is 10.2. The second-order valence-corrected chi connectivity index (χ2v) is 4.27. The summed E-state index contributed by atoms with van der Waals surface area (Å²) in [5.41, 5.74) is 1.09. The molecule has 6 nitrogen and oxygen atoms in total. The van der Waals surface area contributed by atoms with E-state index in [-0.39, 0.29) is 18.6 Å². The molecule has 0 fully saturated rings. The third-order valence-electron chi connectivity index (χ3n) is 2.58. The van der Waals surface area contributed by atoms with Gasteiger partial charge in [0.05, 0.1) is 6.04 Å². The van der Waals surface area contributed by atoms with E-state index >= 15 is 0 Å². The predicted molar refractivity (Wildman–Crippen MR) is 69.6 cm³/mol. The van der Waals surface area contributed by atoms with Gasteiger partial charge >= 0.3 is 0 Å². The molecule has 2 rings (SSSR count). The molecule has 1 aromatic carbocycles. The van der Waals surface area contributed by atoms with Crippen LogP contribution in [0.15, 0.2) is 30.6 Å². The molecule has 100 valence electrons. The van der Waals surface area contributed by atoms with Crippen LogP contribution in [-0.4, -0.2) is 27.7 Å². The average molecular weight is 260 g/mol. The van der Waals surface area contributed by atoms with E-state index in [4.69, 9.17) is 4.74 Å². The van der Waals surface area contributed by atoms with Gasteiger partial charge in [0, 0.05) is 0 Å². The number of ether oxygens (including phenoxy) is 1. The van der Waals surface area contributed by atoms with Crippen LogP contribution in [0.1, 0.15) is 24.4 Å². The van der Waals surface area contributed by atoms with E-state index in [1.807, 2.05) is 38.1 Å². The molecule has 0 saturated heterocycles. The quantitative estimate of drug-likeness (QED) is 0.851. The number of benzene rings is 1. The van der Waals surface area contributed by atoms with Crippen LogP contribution in [0.25, 0.3) is 0 Å². The van der Waals surface area contributed by atoms with Crippen molar-refractivity contribution in [1.82, 2.24) is 20.5 Å². The first-order valence-corrected chi connectivity index (χ1v) is 5.99. The van der Waals surface area contributed by atoms with Gasteiger partial charge in [-0.25, -0.2) is 4.98 Å². The maximum atomic E-state index is 11.7. The van der Waals surface area contributed by atoms with Crippen LogP contribution in [0, 0.1) is 6.92 Å². The van der Waals surface area contributed by atoms with E-state index in [1.54, 1.807) is 0 Å². The Labute approximate surface area is 111 Å². The van der Waals surface area contributed by atoms with Gasteiger partial charge in [0.25, 0.3) is 5.91 Å². The number of nitrogens with one attached hydrogen (secondary N) is 2. The summed E-state index contributed by atoms with van der Waals surface area (Å²) >= 11 is 0. The fraction of sp³-hybridized carbons (Fsp3) is 0.308. The topological polar surface area (TPSA) is 79.9 Å². The monoisotopic (exact) mass is 260 g/mol. The molecule has 19 heavy (non-hydrogen) atoms. The Morgan fingerprint density at radius 2 is 2.37 bits per heavy atom. The van der Waals surface area contributed by atoms with Crippen LogP contribution in [0.2, 0.25) is 0 Å². The van der Waals surface area contributed by atoms with Gasteiger partial charge < -0.3 is 10.1 Å². The number of aromatic nitrogens is 3. The first kappa shape index (κ1) is 13.1. The van der Waals surface area contributed by atoms with Gasteiger partial charge in [-0.15, -0.1) is 0 Å². The van der Waals surface area contributed by atoms with Gasteiger partial charge in [0.1, 0.15) is 17.9 Å². The third kappa shape index (κ3) is 3.80. The highest BCUT2D eigenvalue weighted by molar-refractivity contribution is 5.77. The second-order valence-electron chi connectivity index (χ2n) is 4.27. The van der Waals surface area contributed by atoms with Gasteiger partial charge in [-0.05, 0) is 31.5 Å². The van der Waals surface area contributed by atoms with E-state index in [0.29, 0.717) is 11.6 Å². The summed E-state index contributed by atoms with van der Waals surface area (Å²) in [6.45, 7) is 3.77. The molecule has 1 atom stereocenters.